The quantitative estimate of drug-likeness (QED) is 0.791. The number of hydrogen-bond donors (Lipinski definition) is 1. The fraction of sp³-hybridized carbons (Fsp3) is 1.00. The second-order valence-corrected chi connectivity index (χ2v) is 8.69. The van der Waals surface area contributed by atoms with E-state index in [9.17, 15) is 0 Å². The van der Waals surface area contributed by atoms with Crippen molar-refractivity contribution < 1.29 is 0 Å². The van der Waals surface area contributed by atoms with Crippen molar-refractivity contribution in [3.63, 3.8) is 0 Å². The van der Waals surface area contributed by atoms with Crippen LogP contribution in [0.1, 0.15) is 46.5 Å². The highest BCUT2D eigenvalue weighted by molar-refractivity contribution is 8.07. The zero-order valence-electron chi connectivity index (χ0n) is 11.4. The monoisotopic (exact) mass is 273 g/mol. The smallest absolute Gasteiger partial charge is 0.0294 e. The Morgan fingerprint density at radius 3 is 2.59 bits per heavy atom. The summed E-state index contributed by atoms with van der Waals surface area (Å²) in [5.74, 6) is 2.40. The first-order valence-electron chi connectivity index (χ1n) is 7.21. The van der Waals surface area contributed by atoms with E-state index in [-0.39, 0.29) is 0 Å². The molecule has 3 heteroatoms. The van der Waals surface area contributed by atoms with E-state index in [2.05, 4.69) is 49.6 Å². The van der Waals surface area contributed by atoms with Gasteiger partial charge in [-0.25, -0.2) is 0 Å². The number of nitrogens with one attached hydrogen (secondary N) is 1. The van der Waals surface area contributed by atoms with E-state index in [1.807, 2.05) is 0 Å². The van der Waals surface area contributed by atoms with Crippen molar-refractivity contribution in [3.8, 4) is 0 Å². The first kappa shape index (κ1) is 14.1. The molecule has 0 aromatic rings. The van der Waals surface area contributed by atoms with Gasteiger partial charge in [-0.15, -0.1) is 0 Å². The zero-order chi connectivity index (χ0) is 12.3. The Balaban J connectivity index is 1.84. The van der Waals surface area contributed by atoms with Crippen molar-refractivity contribution >= 4 is 23.5 Å². The predicted molar refractivity (Wildman–Crippen MR) is 82.2 cm³/mol. The maximum absolute atomic E-state index is 3.81. The Kier molecular flexibility index (Phi) is 5.56. The summed E-state index contributed by atoms with van der Waals surface area (Å²) in [7, 11) is 0. The van der Waals surface area contributed by atoms with Gasteiger partial charge in [0.1, 0.15) is 0 Å². The van der Waals surface area contributed by atoms with Crippen LogP contribution >= 0.6 is 23.5 Å². The zero-order valence-corrected chi connectivity index (χ0v) is 13.1. The van der Waals surface area contributed by atoms with Gasteiger partial charge >= 0.3 is 0 Å². The molecule has 0 radical (unpaired) electrons. The third-order valence-corrected chi connectivity index (χ3v) is 7.51. The van der Waals surface area contributed by atoms with Crippen molar-refractivity contribution in [2.24, 2.45) is 5.92 Å². The SMILES string of the molecule is CCCNC(CC1CC1)C1CSC(C)C(C)S1. The van der Waals surface area contributed by atoms with Gasteiger partial charge in [0.15, 0.2) is 0 Å². The van der Waals surface area contributed by atoms with Crippen molar-refractivity contribution in [2.75, 3.05) is 12.3 Å². The highest BCUT2D eigenvalue weighted by Gasteiger charge is 2.34. The van der Waals surface area contributed by atoms with Gasteiger partial charge in [0.25, 0.3) is 0 Å². The van der Waals surface area contributed by atoms with Gasteiger partial charge in [0, 0.05) is 27.5 Å². The van der Waals surface area contributed by atoms with Gasteiger partial charge in [0.05, 0.1) is 0 Å². The maximum Gasteiger partial charge on any atom is 0.0294 e. The summed E-state index contributed by atoms with van der Waals surface area (Å²) in [6.45, 7) is 8.26. The van der Waals surface area contributed by atoms with E-state index in [1.54, 1.807) is 0 Å². The van der Waals surface area contributed by atoms with E-state index >= 15 is 0 Å². The summed E-state index contributed by atoms with van der Waals surface area (Å²) in [5, 5.41) is 6.32. The van der Waals surface area contributed by atoms with Gasteiger partial charge in [-0.1, -0.05) is 33.6 Å². The highest BCUT2D eigenvalue weighted by atomic mass is 32.2. The van der Waals surface area contributed by atoms with Crippen LogP contribution in [0.4, 0.5) is 0 Å². The summed E-state index contributed by atoms with van der Waals surface area (Å²) < 4.78 is 0. The molecule has 2 aliphatic rings. The summed E-state index contributed by atoms with van der Waals surface area (Å²) in [6.07, 6.45) is 5.67. The minimum Gasteiger partial charge on any atom is -0.313 e. The first-order valence-corrected chi connectivity index (χ1v) is 9.20. The van der Waals surface area contributed by atoms with Crippen LogP contribution in [-0.2, 0) is 0 Å². The van der Waals surface area contributed by atoms with Crippen LogP contribution < -0.4 is 5.32 Å². The van der Waals surface area contributed by atoms with E-state index < -0.39 is 0 Å². The Hall–Kier alpha value is 0.660. The summed E-state index contributed by atoms with van der Waals surface area (Å²) >= 11 is 4.42. The summed E-state index contributed by atoms with van der Waals surface area (Å²) in [4.78, 5) is 0. The van der Waals surface area contributed by atoms with Crippen LogP contribution in [0, 0.1) is 5.92 Å². The molecule has 2 rings (SSSR count). The Labute approximate surface area is 115 Å². The normalized spacial score (nSPS) is 35.8. The van der Waals surface area contributed by atoms with Gasteiger partial charge in [-0.05, 0) is 25.3 Å². The average Bonchev–Trinajstić information content (AvgIpc) is 3.12. The number of hydrogen-bond acceptors (Lipinski definition) is 3. The van der Waals surface area contributed by atoms with E-state index in [0.717, 1.165) is 27.7 Å². The average molecular weight is 274 g/mol. The minimum absolute atomic E-state index is 0.773. The molecular formula is C14H27NS2. The molecule has 1 saturated heterocycles. The van der Waals surface area contributed by atoms with Crippen LogP contribution in [0.3, 0.4) is 0 Å². The molecule has 2 fully saturated rings. The molecule has 0 amide bonds. The Morgan fingerprint density at radius 1 is 1.24 bits per heavy atom. The lowest BCUT2D eigenvalue weighted by Gasteiger charge is -2.36. The predicted octanol–water partition coefficient (Wildman–Crippen LogP) is 3.78. The summed E-state index contributed by atoms with van der Waals surface area (Å²) in [6, 6.07) is 0.773. The minimum atomic E-state index is 0.773. The third kappa shape index (κ3) is 4.36. The molecule has 1 N–H and O–H groups in total. The molecular weight excluding hydrogens is 246 g/mol. The topological polar surface area (TPSA) is 12.0 Å². The lowest BCUT2D eigenvalue weighted by Crippen LogP contribution is -2.44. The number of rotatable bonds is 6. The molecule has 1 aliphatic heterocycles. The van der Waals surface area contributed by atoms with Crippen molar-refractivity contribution in [1.29, 1.82) is 0 Å². The van der Waals surface area contributed by atoms with E-state index in [1.165, 1.54) is 38.0 Å². The van der Waals surface area contributed by atoms with Crippen molar-refractivity contribution in [2.45, 2.75) is 68.2 Å². The Morgan fingerprint density at radius 2 is 2.00 bits per heavy atom. The molecule has 100 valence electrons. The second kappa shape index (κ2) is 6.72. The van der Waals surface area contributed by atoms with Gasteiger partial charge < -0.3 is 5.32 Å². The fourth-order valence-electron chi connectivity index (χ4n) is 2.43. The maximum atomic E-state index is 3.81. The highest BCUT2D eigenvalue weighted by Crippen LogP contribution is 2.41. The number of thioether (sulfide) groups is 2. The molecule has 1 saturated carbocycles. The third-order valence-electron chi connectivity index (χ3n) is 3.96. The van der Waals surface area contributed by atoms with E-state index in [0.29, 0.717) is 0 Å². The standard InChI is InChI=1S/C14H27NS2/c1-4-7-15-13(8-12-5-6-12)14-9-16-10(2)11(3)17-14/h10-15H,4-9H2,1-3H3. The first-order chi connectivity index (χ1) is 8.20. The van der Waals surface area contributed by atoms with Crippen LogP contribution in [-0.4, -0.2) is 34.1 Å². The van der Waals surface area contributed by atoms with Gasteiger partial charge in [-0.3, -0.25) is 0 Å². The molecule has 1 aliphatic carbocycles. The fourth-order valence-corrected chi connectivity index (χ4v) is 5.57. The lowest BCUT2D eigenvalue weighted by atomic mass is 10.1. The van der Waals surface area contributed by atoms with Crippen molar-refractivity contribution in [3.05, 3.63) is 0 Å². The molecule has 17 heavy (non-hydrogen) atoms. The van der Waals surface area contributed by atoms with Crippen LogP contribution in [0.15, 0.2) is 0 Å². The molecule has 1 heterocycles. The van der Waals surface area contributed by atoms with Crippen molar-refractivity contribution in [1.82, 2.24) is 5.32 Å². The molecule has 0 spiro atoms. The molecule has 1 nitrogen and oxygen atoms in total. The van der Waals surface area contributed by atoms with Gasteiger partial charge in [-0.2, -0.15) is 23.5 Å². The largest absolute Gasteiger partial charge is 0.313 e. The summed E-state index contributed by atoms with van der Waals surface area (Å²) in [5.41, 5.74) is 0. The molecule has 0 aromatic heterocycles. The second-order valence-electron chi connectivity index (χ2n) is 5.66. The molecule has 4 atom stereocenters. The van der Waals surface area contributed by atoms with Crippen LogP contribution in [0.25, 0.3) is 0 Å². The van der Waals surface area contributed by atoms with Gasteiger partial charge in [0.2, 0.25) is 0 Å². The lowest BCUT2D eigenvalue weighted by molar-refractivity contribution is 0.455. The van der Waals surface area contributed by atoms with E-state index in [4.69, 9.17) is 0 Å². The van der Waals surface area contributed by atoms with Crippen LogP contribution in [0.5, 0.6) is 0 Å². The van der Waals surface area contributed by atoms with Crippen LogP contribution in [0.2, 0.25) is 0 Å². The Bertz CT molecular complexity index is 230. The molecule has 4 unspecified atom stereocenters. The molecule has 0 aromatic carbocycles. The molecule has 0 bridgehead atoms.